The van der Waals surface area contributed by atoms with Crippen LogP contribution in [0.5, 0.6) is 0 Å². The third-order valence-corrected chi connectivity index (χ3v) is 1.38. The first kappa shape index (κ1) is 8.53. The maximum absolute atomic E-state index is 5.65. The van der Waals surface area contributed by atoms with E-state index in [1.54, 1.807) is 6.08 Å². The van der Waals surface area contributed by atoms with Gasteiger partial charge in [-0.15, -0.1) is 0 Å². The SMILES string of the molecule is C=C/C(Cl)=C(\CC)NN. The lowest BCUT2D eigenvalue weighted by Gasteiger charge is -2.02. The Kier molecular flexibility index (Phi) is 4.18. The van der Waals surface area contributed by atoms with Gasteiger partial charge in [-0.1, -0.05) is 25.1 Å². The van der Waals surface area contributed by atoms with E-state index in [9.17, 15) is 0 Å². The van der Waals surface area contributed by atoms with Crippen LogP contribution in [0.2, 0.25) is 0 Å². The van der Waals surface area contributed by atoms with Crippen molar-refractivity contribution in [2.75, 3.05) is 0 Å². The number of nitrogens with two attached hydrogens (primary N) is 1. The van der Waals surface area contributed by atoms with Crippen LogP contribution in [0, 0.1) is 0 Å². The van der Waals surface area contributed by atoms with Crippen LogP contribution in [-0.2, 0) is 0 Å². The molecule has 0 amide bonds. The summed E-state index contributed by atoms with van der Waals surface area (Å²) >= 11 is 5.65. The molecule has 0 bridgehead atoms. The number of allylic oxidation sites excluding steroid dienone is 3. The lowest BCUT2D eigenvalue weighted by molar-refractivity contribution is 0.824. The van der Waals surface area contributed by atoms with Crippen molar-refractivity contribution in [3.05, 3.63) is 23.4 Å². The largest absolute Gasteiger partial charge is 0.327 e. The average Bonchev–Trinajstić information content (AvgIpc) is 1.90. The minimum Gasteiger partial charge on any atom is -0.327 e. The van der Waals surface area contributed by atoms with Crippen LogP contribution in [0.25, 0.3) is 0 Å². The van der Waals surface area contributed by atoms with Crippen LogP contribution >= 0.6 is 11.6 Å². The van der Waals surface area contributed by atoms with Crippen molar-refractivity contribution in [1.82, 2.24) is 5.43 Å². The molecule has 0 atom stereocenters. The standard InChI is InChI=1S/C6H11ClN2/c1-3-5(7)6(4-2)9-8/h3,9H,1,4,8H2,2H3/b6-5-. The van der Waals surface area contributed by atoms with Gasteiger partial charge in [0.1, 0.15) is 0 Å². The van der Waals surface area contributed by atoms with Gasteiger partial charge in [0, 0.05) is 5.70 Å². The van der Waals surface area contributed by atoms with Gasteiger partial charge in [0.25, 0.3) is 0 Å². The van der Waals surface area contributed by atoms with Gasteiger partial charge in [0.05, 0.1) is 5.03 Å². The zero-order valence-corrected chi connectivity index (χ0v) is 6.20. The molecule has 0 spiro atoms. The molecule has 0 saturated heterocycles. The molecule has 0 aliphatic rings. The Morgan fingerprint density at radius 2 is 2.44 bits per heavy atom. The van der Waals surface area contributed by atoms with E-state index in [-0.39, 0.29) is 0 Å². The van der Waals surface area contributed by atoms with Gasteiger partial charge >= 0.3 is 0 Å². The van der Waals surface area contributed by atoms with Gasteiger partial charge in [0.15, 0.2) is 0 Å². The lowest BCUT2D eigenvalue weighted by atomic mass is 10.3. The van der Waals surface area contributed by atoms with Crippen LogP contribution in [-0.4, -0.2) is 0 Å². The van der Waals surface area contributed by atoms with Crippen molar-refractivity contribution in [2.45, 2.75) is 13.3 Å². The maximum Gasteiger partial charge on any atom is 0.0603 e. The summed E-state index contributed by atoms with van der Waals surface area (Å²) in [6.45, 7) is 5.45. The van der Waals surface area contributed by atoms with Crippen LogP contribution in [0.4, 0.5) is 0 Å². The van der Waals surface area contributed by atoms with Gasteiger partial charge in [-0.25, -0.2) is 0 Å². The van der Waals surface area contributed by atoms with Crippen molar-refractivity contribution in [3.8, 4) is 0 Å². The molecule has 0 aliphatic carbocycles. The highest BCUT2D eigenvalue weighted by molar-refractivity contribution is 6.31. The molecule has 0 aromatic heterocycles. The summed E-state index contributed by atoms with van der Waals surface area (Å²) in [7, 11) is 0. The highest BCUT2D eigenvalue weighted by Crippen LogP contribution is 2.09. The van der Waals surface area contributed by atoms with E-state index in [1.165, 1.54) is 0 Å². The van der Waals surface area contributed by atoms with E-state index in [0.29, 0.717) is 5.03 Å². The van der Waals surface area contributed by atoms with Crippen molar-refractivity contribution in [3.63, 3.8) is 0 Å². The Labute approximate surface area is 60.3 Å². The highest BCUT2D eigenvalue weighted by atomic mass is 35.5. The summed E-state index contributed by atoms with van der Waals surface area (Å²) in [5.41, 5.74) is 3.29. The fourth-order valence-electron chi connectivity index (χ4n) is 0.463. The third-order valence-electron chi connectivity index (χ3n) is 0.995. The molecule has 0 aromatic rings. The van der Waals surface area contributed by atoms with Gasteiger partial charge in [-0.3, -0.25) is 5.84 Å². The third kappa shape index (κ3) is 2.54. The normalized spacial score (nSPS) is 12.3. The Balaban J connectivity index is 4.17. The molecule has 0 aromatic carbocycles. The molecule has 0 heterocycles. The lowest BCUT2D eigenvalue weighted by Crippen LogP contribution is -2.21. The first-order chi connectivity index (χ1) is 4.26. The number of hydrazine groups is 1. The summed E-state index contributed by atoms with van der Waals surface area (Å²) in [6, 6.07) is 0. The predicted molar refractivity (Wildman–Crippen MR) is 40.7 cm³/mol. The maximum atomic E-state index is 5.65. The minimum atomic E-state index is 0.583. The van der Waals surface area contributed by atoms with Crippen molar-refractivity contribution < 1.29 is 0 Å². The molecule has 0 unspecified atom stereocenters. The summed E-state index contributed by atoms with van der Waals surface area (Å²) in [6.07, 6.45) is 2.35. The van der Waals surface area contributed by atoms with Crippen LogP contribution in [0.3, 0.4) is 0 Å². The fraction of sp³-hybridized carbons (Fsp3) is 0.333. The van der Waals surface area contributed by atoms with Crippen LogP contribution in [0.15, 0.2) is 23.4 Å². The zero-order valence-electron chi connectivity index (χ0n) is 5.45. The van der Waals surface area contributed by atoms with Gasteiger partial charge in [-0.2, -0.15) is 0 Å². The van der Waals surface area contributed by atoms with Crippen LogP contribution < -0.4 is 11.3 Å². The summed E-state index contributed by atoms with van der Waals surface area (Å²) in [5, 5.41) is 0.583. The number of halogens is 1. The molecular formula is C6H11ClN2. The molecule has 2 nitrogen and oxygen atoms in total. The van der Waals surface area contributed by atoms with E-state index in [2.05, 4.69) is 12.0 Å². The second-order valence-electron chi connectivity index (χ2n) is 1.53. The zero-order chi connectivity index (χ0) is 7.28. The topological polar surface area (TPSA) is 38.0 Å². The predicted octanol–water partition coefficient (Wildman–Crippen LogP) is 1.50. The summed E-state index contributed by atoms with van der Waals surface area (Å²) in [5.74, 6) is 5.12. The molecule has 0 radical (unpaired) electrons. The molecule has 52 valence electrons. The Bertz CT molecular complexity index is 123. The van der Waals surface area contributed by atoms with E-state index in [1.807, 2.05) is 6.92 Å². The second-order valence-corrected chi connectivity index (χ2v) is 1.94. The second kappa shape index (κ2) is 4.41. The van der Waals surface area contributed by atoms with Crippen molar-refractivity contribution >= 4 is 11.6 Å². The molecule has 0 aliphatic heterocycles. The van der Waals surface area contributed by atoms with E-state index >= 15 is 0 Å². The van der Waals surface area contributed by atoms with Crippen LogP contribution in [0.1, 0.15) is 13.3 Å². The minimum absolute atomic E-state index is 0.583. The molecule has 9 heavy (non-hydrogen) atoms. The fourth-order valence-corrected chi connectivity index (χ4v) is 0.651. The monoisotopic (exact) mass is 146 g/mol. The smallest absolute Gasteiger partial charge is 0.0603 e. The Hall–Kier alpha value is -0.470. The Morgan fingerprint density at radius 3 is 2.56 bits per heavy atom. The number of nitrogens with one attached hydrogen (secondary N) is 1. The Morgan fingerprint density at radius 1 is 1.89 bits per heavy atom. The molecule has 0 saturated carbocycles. The molecular weight excluding hydrogens is 136 g/mol. The number of hydrogen-bond acceptors (Lipinski definition) is 2. The number of rotatable bonds is 3. The summed E-state index contributed by atoms with van der Waals surface area (Å²) < 4.78 is 0. The van der Waals surface area contributed by atoms with E-state index in [4.69, 9.17) is 17.4 Å². The van der Waals surface area contributed by atoms with Crippen molar-refractivity contribution in [2.24, 2.45) is 5.84 Å². The van der Waals surface area contributed by atoms with Crippen molar-refractivity contribution in [1.29, 1.82) is 0 Å². The molecule has 3 N–H and O–H groups in total. The molecule has 3 heteroatoms. The summed E-state index contributed by atoms with van der Waals surface area (Å²) in [4.78, 5) is 0. The van der Waals surface area contributed by atoms with E-state index in [0.717, 1.165) is 12.1 Å². The molecule has 0 fully saturated rings. The van der Waals surface area contributed by atoms with Gasteiger partial charge in [-0.05, 0) is 12.5 Å². The molecule has 0 rings (SSSR count). The van der Waals surface area contributed by atoms with Gasteiger partial charge in [0.2, 0.25) is 0 Å². The quantitative estimate of drug-likeness (QED) is 0.360. The highest BCUT2D eigenvalue weighted by Gasteiger charge is 1.93. The first-order valence-corrected chi connectivity index (χ1v) is 3.11. The van der Waals surface area contributed by atoms with Gasteiger partial charge < -0.3 is 5.43 Å². The average molecular weight is 147 g/mol. The first-order valence-electron chi connectivity index (χ1n) is 2.74. The number of hydrogen-bond donors (Lipinski definition) is 2. The van der Waals surface area contributed by atoms with E-state index < -0.39 is 0 Å².